The summed E-state index contributed by atoms with van der Waals surface area (Å²) in [7, 11) is 0. The van der Waals surface area contributed by atoms with Gasteiger partial charge in [0.05, 0.1) is 5.41 Å². The van der Waals surface area contributed by atoms with E-state index in [-0.39, 0.29) is 0 Å². The van der Waals surface area contributed by atoms with Crippen molar-refractivity contribution < 1.29 is 4.79 Å². The van der Waals surface area contributed by atoms with E-state index in [9.17, 15) is 4.79 Å². The highest BCUT2D eigenvalue weighted by atomic mass is 16.1. The maximum absolute atomic E-state index is 13.4. The molecule has 0 N–H and O–H groups in total. The first-order valence-electron chi connectivity index (χ1n) is 8.61. The first-order chi connectivity index (χ1) is 10.6. The highest BCUT2D eigenvalue weighted by Gasteiger charge is 2.44. The van der Waals surface area contributed by atoms with Gasteiger partial charge in [0.15, 0.2) is 5.78 Å². The molecule has 0 spiro atoms. The molecule has 1 atom stereocenters. The fraction of sp³-hybridized carbons (Fsp3) is 0.476. The molecule has 1 aliphatic carbocycles. The number of allylic oxidation sites excluding steroid dienone is 4. The number of carbonyl (C=O) groups is 1. The Bertz CT molecular complexity index is 619. The molecule has 118 valence electrons. The Morgan fingerprint density at radius 3 is 1.77 bits per heavy atom. The predicted molar refractivity (Wildman–Crippen MR) is 94.0 cm³/mol. The van der Waals surface area contributed by atoms with E-state index in [4.69, 9.17) is 0 Å². The quantitative estimate of drug-likeness (QED) is 0.675. The number of hydrogen-bond donors (Lipinski definition) is 0. The van der Waals surface area contributed by atoms with Crippen LogP contribution in [0.2, 0.25) is 0 Å². The van der Waals surface area contributed by atoms with Crippen LogP contribution < -0.4 is 0 Å². The van der Waals surface area contributed by atoms with Crippen molar-refractivity contribution in [1.29, 1.82) is 0 Å². The monoisotopic (exact) mass is 296 g/mol. The number of carbonyl (C=O) groups excluding carboxylic acids is 1. The van der Waals surface area contributed by atoms with Crippen molar-refractivity contribution in [3.63, 3.8) is 0 Å². The van der Waals surface area contributed by atoms with E-state index < -0.39 is 5.41 Å². The molecule has 0 saturated carbocycles. The number of hydrogen-bond acceptors (Lipinski definition) is 1. The normalized spacial score (nSPS) is 22.5. The first kappa shape index (κ1) is 16.7. The second-order valence-electron chi connectivity index (χ2n) is 6.15. The lowest BCUT2D eigenvalue weighted by atomic mass is 9.62. The van der Waals surface area contributed by atoms with E-state index in [2.05, 4.69) is 46.8 Å². The summed E-state index contributed by atoms with van der Waals surface area (Å²) in [5.74, 6) is 0.312. The lowest BCUT2D eigenvalue weighted by Crippen LogP contribution is -2.40. The molecule has 0 heterocycles. The molecule has 0 aromatic heterocycles. The van der Waals surface area contributed by atoms with Crippen LogP contribution in [0.1, 0.15) is 65.9 Å². The molecule has 1 aromatic rings. The maximum Gasteiger partial charge on any atom is 0.173 e. The van der Waals surface area contributed by atoms with E-state index in [0.717, 1.165) is 36.8 Å². The molecule has 1 unspecified atom stereocenters. The number of rotatable bonds is 5. The summed E-state index contributed by atoms with van der Waals surface area (Å²) in [4.78, 5) is 13.4. The summed E-state index contributed by atoms with van der Waals surface area (Å²) in [6, 6.07) is 10.3. The topological polar surface area (TPSA) is 17.1 Å². The van der Waals surface area contributed by atoms with Crippen molar-refractivity contribution in [2.75, 3.05) is 0 Å². The van der Waals surface area contributed by atoms with Crippen molar-refractivity contribution in [2.24, 2.45) is 0 Å². The van der Waals surface area contributed by atoms with Gasteiger partial charge in [-0.1, -0.05) is 58.0 Å². The van der Waals surface area contributed by atoms with Crippen molar-refractivity contribution in [3.05, 3.63) is 58.2 Å². The average molecular weight is 296 g/mol. The lowest BCUT2D eigenvalue weighted by Gasteiger charge is -2.39. The third-order valence-corrected chi connectivity index (χ3v) is 5.19. The summed E-state index contributed by atoms with van der Waals surface area (Å²) >= 11 is 0. The molecular formula is C21H28O. The van der Waals surface area contributed by atoms with Crippen molar-refractivity contribution >= 4 is 5.78 Å². The molecule has 0 fully saturated rings. The Balaban J connectivity index is 2.78. The van der Waals surface area contributed by atoms with Gasteiger partial charge in [0.2, 0.25) is 0 Å². The van der Waals surface area contributed by atoms with Gasteiger partial charge in [0.25, 0.3) is 0 Å². The Hall–Kier alpha value is -1.63. The summed E-state index contributed by atoms with van der Waals surface area (Å²) in [6.45, 7) is 10.8. The zero-order valence-electron chi connectivity index (χ0n) is 14.6. The van der Waals surface area contributed by atoms with Gasteiger partial charge >= 0.3 is 0 Å². The Kier molecular flexibility index (Phi) is 5.05. The molecule has 1 heteroatoms. The van der Waals surface area contributed by atoms with Crippen LogP contribution in [-0.2, 0) is 10.2 Å². The molecule has 1 aromatic carbocycles. The molecular weight excluding hydrogens is 268 g/mol. The first-order valence-corrected chi connectivity index (χ1v) is 8.61. The SMILES string of the molecule is CCC1=C(CC)C(CC)=C(CC)C(C)(c2ccccc2)C1=O. The minimum Gasteiger partial charge on any atom is -0.293 e. The van der Waals surface area contributed by atoms with E-state index in [0.29, 0.717) is 5.78 Å². The van der Waals surface area contributed by atoms with Crippen LogP contribution in [0.15, 0.2) is 52.6 Å². The number of Topliss-reactive ketones (excluding diaryl/α,β-unsaturated/α-hetero) is 1. The van der Waals surface area contributed by atoms with E-state index >= 15 is 0 Å². The summed E-state index contributed by atoms with van der Waals surface area (Å²) < 4.78 is 0. The Morgan fingerprint density at radius 2 is 1.32 bits per heavy atom. The maximum atomic E-state index is 13.4. The minimum atomic E-state index is -0.495. The lowest BCUT2D eigenvalue weighted by molar-refractivity contribution is -0.119. The Labute approximate surface area is 135 Å². The van der Waals surface area contributed by atoms with Crippen LogP contribution in [0.25, 0.3) is 0 Å². The zero-order chi connectivity index (χ0) is 16.3. The van der Waals surface area contributed by atoms with Gasteiger partial charge in [0.1, 0.15) is 0 Å². The molecule has 0 radical (unpaired) electrons. The fourth-order valence-electron chi connectivity index (χ4n) is 4.11. The van der Waals surface area contributed by atoms with Gasteiger partial charge in [-0.05, 0) is 60.5 Å². The average Bonchev–Trinajstić information content (AvgIpc) is 2.57. The number of ketones is 1. The molecule has 0 aliphatic heterocycles. The van der Waals surface area contributed by atoms with Crippen LogP contribution in [0.3, 0.4) is 0 Å². The fourth-order valence-corrected chi connectivity index (χ4v) is 4.11. The van der Waals surface area contributed by atoms with Crippen molar-refractivity contribution in [1.82, 2.24) is 0 Å². The number of benzene rings is 1. The van der Waals surface area contributed by atoms with Gasteiger partial charge in [0, 0.05) is 0 Å². The predicted octanol–water partition coefficient (Wildman–Crippen LogP) is 5.76. The van der Waals surface area contributed by atoms with Crippen LogP contribution in [-0.4, -0.2) is 5.78 Å². The van der Waals surface area contributed by atoms with Gasteiger partial charge in [-0.2, -0.15) is 0 Å². The second kappa shape index (κ2) is 6.64. The molecule has 1 aliphatic rings. The minimum absolute atomic E-state index is 0.312. The summed E-state index contributed by atoms with van der Waals surface area (Å²) in [6.07, 6.45) is 3.71. The molecule has 0 bridgehead atoms. The highest BCUT2D eigenvalue weighted by Crippen LogP contribution is 2.46. The third-order valence-electron chi connectivity index (χ3n) is 5.19. The summed E-state index contributed by atoms with van der Waals surface area (Å²) in [5.41, 5.74) is 5.73. The summed E-state index contributed by atoms with van der Waals surface area (Å²) in [5, 5.41) is 0. The van der Waals surface area contributed by atoms with Crippen LogP contribution in [0, 0.1) is 0 Å². The van der Waals surface area contributed by atoms with E-state index in [1.807, 2.05) is 18.2 Å². The van der Waals surface area contributed by atoms with Crippen LogP contribution in [0.4, 0.5) is 0 Å². The second-order valence-corrected chi connectivity index (χ2v) is 6.15. The van der Waals surface area contributed by atoms with Gasteiger partial charge < -0.3 is 0 Å². The largest absolute Gasteiger partial charge is 0.293 e. The molecule has 0 saturated heterocycles. The van der Waals surface area contributed by atoms with E-state index in [1.165, 1.54) is 16.7 Å². The highest BCUT2D eigenvalue weighted by molar-refractivity contribution is 6.08. The van der Waals surface area contributed by atoms with E-state index in [1.54, 1.807) is 0 Å². The van der Waals surface area contributed by atoms with Crippen LogP contribution in [0.5, 0.6) is 0 Å². The van der Waals surface area contributed by atoms with Crippen LogP contribution >= 0.6 is 0 Å². The standard InChI is InChI=1S/C21H28O/c1-6-16-17(7-2)19(9-4)21(5,20(22)18(16)8-3)15-13-11-10-12-14-15/h10-14H,6-9H2,1-5H3. The zero-order valence-corrected chi connectivity index (χ0v) is 14.6. The molecule has 22 heavy (non-hydrogen) atoms. The third kappa shape index (κ3) is 2.37. The molecule has 2 rings (SSSR count). The van der Waals surface area contributed by atoms with Crippen molar-refractivity contribution in [3.8, 4) is 0 Å². The Morgan fingerprint density at radius 1 is 0.773 bits per heavy atom. The van der Waals surface area contributed by atoms with Crippen molar-refractivity contribution in [2.45, 2.75) is 65.7 Å². The van der Waals surface area contributed by atoms with Gasteiger partial charge in [-0.15, -0.1) is 0 Å². The molecule has 0 amide bonds. The molecule has 1 nitrogen and oxygen atoms in total. The van der Waals surface area contributed by atoms with Gasteiger partial charge in [-0.3, -0.25) is 4.79 Å². The van der Waals surface area contributed by atoms with Gasteiger partial charge in [-0.25, -0.2) is 0 Å². The smallest absolute Gasteiger partial charge is 0.173 e.